The van der Waals surface area contributed by atoms with Gasteiger partial charge in [0.05, 0.1) is 21.2 Å². The molecule has 1 amide bonds. The number of rotatable bonds is 5. The first kappa shape index (κ1) is 16.9. The molecule has 3 aromatic rings. The predicted octanol–water partition coefficient (Wildman–Crippen LogP) is 1.60. The lowest BCUT2D eigenvalue weighted by atomic mass is 10.2. The van der Waals surface area contributed by atoms with Crippen LogP contribution >= 0.6 is 22.9 Å². The van der Waals surface area contributed by atoms with Crippen molar-refractivity contribution in [2.75, 3.05) is 13.2 Å². The molecule has 2 N–H and O–H groups in total. The molecule has 0 aliphatic carbocycles. The van der Waals surface area contributed by atoms with E-state index in [0.29, 0.717) is 15.7 Å². The van der Waals surface area contributed by atoms with E-state index in [9.17, 15) is 9.59 Å². The fourth-order valence-electron chi connectivity index (χ4n) is 2.58. The summed E-state index contributed by atoms with van der Waals surface area (Å²) in [5.41, 5.74) is 0.991. The average Bonchev–Trinajstić information content (AvgIpc) is 3.04. The molecule has 3 rings (SSSR count). The Morgan fingerprint density at radius 2 is 2.17 bits per heavy atom. The molecule has 3 aromatic heterocycles. The minimum absolute atomic E-state index is 0.0501. The Morgan fingerprint density at radius 1 is 1.42 bits per heavy atom. The van der Waals surface area contributed by atoms with Crippen LogP contribution < -0.4 is 10.9 Å². The highest BCUT2D eigenvalue weighted by molar-refractivity contribution is 7.22. The van der Waals surface area contributed by atoms with Crippen LogP contribution in [0.5, 0.6) is 0 Å². The zero-order chi connectivity index (χ0) is 17.4. The molecule has 0 fully saturated rings. The first-order valence-corrected chi connectivity index (χ1v) is 8.71. The Morgan fingerprint density at radius 3 is 2.83 bits per heavy atom. The van der Waals surface area contributed by atoms with Crippen molar-refractivity contribution in [1.29, 1.82) is 0 Å². The second kappa shape index (κ2) is 6.54. The first-order valence-electron chi connectivity index (χ1n) is 7.51. The van der Waals surface area contributed by atoms with Crippen molar-refractivity contribution in [3.8, 4) is 0 Å². The Hall–Kier alpha value is -1.90. The second-order valence-electron chi connectivity index (χ2n) is 5.71. The largest absolute Gasteiger partial charge is 0.395 e. The van der Waals surface area contributed by atoms with Gasteiger partial charge in [0, 0.05) is 12.5 Å². The minimum atomic E-state index is -0.367. The van der Waals surface area contributed by atoms with Gasteiger partial charge in [-0.05, 0) is 12.1 Å². The fourth-order valence-corrected chi connectivity index (χ4v) is 3.74. The molecular weight excluding hydrogens is 352 g/mol. The van der Waals surface area contributed by atoms with E-state index in [2.05, 4.69) is 10.4 Å². The third-order valence-electron chi connectivity index (χ3n) is 3.61. The molecule has 0 saturated heterocycles. The van der Waals surface area contributed by atoms with E-state index >= 15 is 0 Å². The highest BCUT2D eigenvalue weighted by Crippen LogP contribution is 2.32. The maximum atomic E-state index is 12.7. The highest BCUT2D eigenvalue weighted by atomic mass is 35.5. The molecule has 0 aliphatic rings. The lowest BCUT2D eigenvalue weighted by Gasteiger charge is -2.13. The molecule has 0 spiro atoms. The maximum absolute atomic E-state index is 12.7. The number of hydrogen-bond donors (Lipinski definition) is 2. The summed E-state index contributed by atoms with van der Waals surface area (Å²) in [4.78, 5) is 24.6. The van der Waals surface area contributed by atoms with Crippen LogP contribution in [0.25, 0.3) is 15.7 Å². The number of aliphatic hydroxyl groups excluding tert-OH is 1. The van der Waals surface area contributed by atoms with Crippen molar-refractivity contribution in [2.24, 2.45) is 0 Å². The van der Waals surface area contributed by atoms with E-state index in [-0.39, 0.29) is 37.1 Å². The van der Waals surface area contributed by atoms with Gasteiger partial charge in [0.1, 0.15) is 17.9 Å². The molecule has 0 atom stereocenters. The summed E-state index contributed by atoms with van der Waals surface area (Å²) in [5, 5.41) is 15.7. The average molecular weight is 369 g/mol. The van der Waals surface area contributed by atoms with Crippen LogP contribution in [0.4, 0.5) is 0 Å². The van der Waals surface area contributed by atoms with Crippen LogP contribution in [-0.4, -0.2) is 38.3 Å². The van der Waals surface area contributed by atoms with Crippen LogP contribution in [-0.2, 0) is 11.3 Å². The molecule has 9 heteroatoms. The van der Waals surface area contributed by atoms with E-state index in [0.717, 1.165) is 10.2 Å². The van der Waals surface area contributed by atoms with E-state index < -0.39 is 0 Å². The Labute approximate surface area is 146 Å². The van der Waals surface area contributed by atoms with E-state index in [1.54, 1.807) is 6.07 Å². The lowest BCUT2D eigenvalue weighted by Crippen LogP contribution is -2.36. The summed E-state index contributed by atoms with van der Waals surface area (Å²) in [5.74, 6) is 0.368. The molecular formula is C15H17ClN4O3S. The number of halogens is 1. The van der Waals surface area contributed by atoms with Crippen molar-refractivity contribution < 1.29 is 9.90 Å². The summed E-state index contributed by atoms with van der Waals surface area (Å²) < 4.78 is 4.54. The summed E-state index contributed by atoms with van der Waals surface area (Å²) >= 11 is 7.47. The second-order valence-corrected chi connectivity index (χ2v) is 7.43. The topological polar surface area (TPSA) is 88.6 Å². The van der Waals surface area contributed by atoms with Gasteiger partial charge in [-0.25, -0.2) is 4.68 Å². The Balaban J connectivity index is 2.17. The van der Waals surface area contributed by atoms with Crippen molar-refractivity contribution in [2.45, 2.75) is 26.3 Å². The number of thiophene rings is 1. The normalized spacial score (nSPS) is 11.7. The lowest BCUT2D eigenvalue weighted by molar-refractivity contribution is -0.122. The third-order valence-corrected chi connectivity index (χ3v) is 4.81. The maximum Gasteiger partial charge on any atom is 0.291 e. The molecule has 24 heavy (non-hydrogen) atoms. The SMILES string of the molecule is CC(C)c1nn(CC(=O)NCCO)c(=O)c2cc3sc(Cl)cc3n12. The molecule has 0 saturated carbocycles. The number of nitrogens with zero attached hydrogens (tertiary/aromatic N) is 3. The number of hydrogen-bond acceptors (Lipinski definition) is 5. The molecule has 0 bridgehead atoms. The van der Waals surface area contributed by atoms with Gasteiger partial charge >= 0.3 is 0 Å². The number of aliphatic hydroxyl groups is 1. The van der Waals surface area contributed by atoms with Gasteiger partial charge in [0.15, 0.2) is 0 Å². The van der Waals surface area contributed by atoms with Crippen molar-refractivity contribution in [3.63, 3.8) is 0 Å². The van der Waals surface area contributed by atoms with Crippen LogP contribution in [0.1, 0.15) is 25.6 Å². The van der Waals surface area contributed by atoms with Gasteiger partial charge in [-0.1, -0.05) is 25.4 Å². The molecule has 0 radical (unpaired) electrons. The van der Waals surface area contributed by atoms with Crippen LogP contribution in [0.3, 0.4) is 0 Å². The van der Waals surface area contributed by atoms with E-state index in [4.69, 9.17) is 16.7 Å². The van der Waals surface area contributed by atoms with E-state index in [1.807, 2.05) is 24.3 Å². The van der Waals surface area contributed by atoms with Crippen molar-refractivity contribution in [1.82, 2.24) is 19.5 Å². The molecule has 0 unspecified atom stereocenters. The Kier molecular flexibility index (Phi) is 4.62. The number of aromatic nitrogens is 3. The minimum Gasteiger partial charge on any atom is -0.395 e. The summed E-state index contributed by atoms with van der Waals surface area (Å²) in [7, 11) is 0. The Bertz CT molecular complexity index is 973. The zero-order valence-corrected chi connectivity index (χ0v) is 14.8. The van der Waals surface area contributed by atoms with Crippen LogP contribution in [0.2, 0.25) is 4.34 Å². The molecule has 7 nitrogen and oxygen atoms in total. The molecule has 0 aliphatic heterocycles. The first-order chi connectivity index (χ1) is 11.4. The molecule has 0 aromatic carbocycles. The standard InChI is InChI=1S/C15H17ClN4O3S/c1-8(2)14-18-19(7-13(22)17-3-4-21)15(23)10-5-11-9(20(10)14)6-12(16)24-11/h5-6,8,21H,3-4,7H2,1-2H3,(H,17,22). The van der Waals surface area contributed by atoms with Gasteiger partial charge in [0.2, 0.25) is 5.91 Å². The monoisotopic (exact) mass is 368 g/mol. The number of carbonyl (C=O) groups is 1. The smallest absolute Gasteiger partial charge is 0.291 e. The number of fused-ring (bicyclic) bond motifs is 3. The number of carbonyl (C=O) groups excluding carboxylic acids is 1. The summed E-state index contributed by atoms with van der Waals surface area (Å²) in [6, 6.07) is 3.60. The van der Waals surface area contributed by atoms with Crippen molar-refractivity contribution in [3.05, 3.63) is 32.6 Å². The molecule has 128 valence electrons. The third kappa shape index (κ3) is 2.92. The van der Waals surface area contributed by atoms with Gasteiger partial charge in [-0.2, -0.15) is 5.10 Å². The number of nitrogens with one attached hydrogen (secondary N) is 1. The predicted molar refractivity (Wildman–Crippen MR) is 94.0 cm³/mol. The highest BCUT2D eigenvalue weighted by Gasteiger charge is 2.19. The van der Waals surface area contributed by atoms with Crippen LogP contribution in [0, 0.1) is 0 Å². The summed E-state index contributed by atoms with van der Waals surface area (Å²) in [6.45, 7) is 3.76. The van der Waals surface area contributed by atoms with E-state index in [1.165, 1.54) is 16.0 Å². The number of amides is 1. The molecule has 3 heterocycles. The van der Waals surface area contributed by atoms with Crippen molar-refractivity contribution >= 4 is 44.6 Å². The van der Waals surface area contributed by atoms with Gasteiger partial charge in [-0.15, -0.1) is 11.3 Å². The van der Waals surface area contributed by atoms with Gasteiger partial charge < -0.3 is 10.4 Å². The quantitative estimate of drug-likeness (QED) is 0.715. The van der Waals surface area contributed by atoms with Gasteiger partial charge in [0.25, 0.3) is 5.56 Å². The zero-order valence-electron chi connectivity index (χ0n) is 13.2. The fraction of sp³-hybridized carbons (Fsp3) is 0.400. The van der Waals surface area contributed by atoms with Crippen LogP contribution in [0.15, 0.2) is 16.9 Å². The van der Waals surface area contributed by atoms with Gasteiger partial charge in [-0.3, -0.25) is 14.0 Å². The summed E-state index contributed by atoms with van der Waals surface area (Å²) in [6.07, 6.45) is 0.